The van der Waals surface area contributed by atoms with Crippen molar-refractivity contribution in [2.75, 3.05) is 13.7 Å². The van der Waals surface area contributed by atoms with Crippen LogP contribution in [0, 0.1) is 20.8 Å². The number of aryl methyl sites for hydroxylation is 3. The minimum atomic E-state index is -0.285. The average Bonchev–Trinajstić information content (AvgIpc) is 2.54. The highest BCUT2D eigenvalue weighted by atomic mass is 16.5. The van der Waals surface area contributed by atoms with Crippen molar-refractivity contribution < 1.29 is 14.6 Å². The molecule has 0 unspecified atom stereocenters. The van der Waals surface area contributed by atoms with Crippen molar-refractivity contribution >= 4 is 5.97 Å². The van der Waals surface area contributed by atoms with E-state index in [2.05, 4.69) is 19.1 Å². The molecular formula is C20H25NO3. The van der Waals surface area contributed by atoms with E-state index in [4.69, 9.17) is 4.74 Å². The third-order valence-corrected chi connectivity index (χ3v) is 4.32. The van der Waals surface area contributed by atoms with Gasteiger partial charge in [0, 0.05) is 18.7 Å². The first kappa shape index (κ1) is 18.0. The summed E-state index contributed by atoms with van der Waals surface area (Å²) in [6, 6.07) is 11.9. The number of methoxy groups -OCH3 is 1. The fraction of sp³-hybridized carbons (Fsp3) is 0.350. The lowest BCUT2D eigenvalue weighted by Crippen LogP contribution is -2.30. The van der Waals surface area contributed by atoms with Crippen LogP contribution in [0.5, 0.6) is 5.75 Å². The number of carbonyl (C=O) groups is 1. The van der Waals surface area contributed by atoms with E-state index < -0.39 is 0 Å². The lowest BCUT2D eigenvalue weighted by Gasteiger charge is -2.23. The second-order valence-electron chi connectivity index (χ2n) is 6.21. The number of nitrogens with zero attached hydrogens (tertiary/aromatic N) is 1. The molecule has 0 bridgehead atoms. The maximum Gasteiger partial charge on any atom is 0.319 e. The van der Waals surface area contributed by atoms with Gasteiger partial charge in [-0.25, -0.2) is 0 Å². The summed E-state index contributed by atoms with van der Waals surface area (Å²) in [5.74, 6) is -0.0235. The number of esters is 1. The highest BCUT2D eigenvalue weighted by Crippen LogP contribution is 2.24. The highest BCUT2D eigenvalue weighted by Gasteiger charge is 2.15. The molecule has 0 atom stereocenters. The van der Waals surface area contributed by atoms with Gasteiger partial charge >= 0.3 is 5.97 Å². The smallest absolute Gasteiger partial charge is 0.319 e. The summed E-state index contributed by atoms with van der Waals surface area (Å²) >= 11 is 0. The summed E-state index contributed by atoms with van der Waals surface area (Å²) in [5.41, 5.74) is 5.32. The molecule has 0 aliphatic heterocycles. The maximum absolute atomic E-state index is 11.8. The lowest BCUT2D eigenvalue weighted by molar-refractivity contribution is -0.142. The number of hydrogen-bond donors (Lipinski definition) is 1. The zero-order valence-electron chi connectivity index (χ0n) is 14.8. The molecule has 128 valence electrons. The fourth-order valence-corrected chi connectivity index (χ4v) is 2.67. The van der Waals surface area contributed by atoms with Crippen molar-refractivity contribution in [3.8, 4) is 5.75 Å². The van der Waals surface area contributed by atoms with E-state index in [1.165, 1.54) is 12.7 Å². The Morgan fingerprint density at radius 2 is 1.62 bits per heavy atom. The number of carbonyl (C=O) groups excluding carboxylic acids is 1. The molecule has 0 fully saturated rings. The summed E-state index contributed by atoms with van der Waals surface area (Å²) in [7, 11) is 1.39. The largest absolute Gasteiger partial charge is 0.508 e. The summed E-state index contributed by atoms with van der Waals surface area (Å²) < 4.78 is 4.82. The number of phenolic OH excluding ortho intramolecular Hbond substituents is 1. The molecule has 2 aromatic carbocycles. The third kappa shape index (κ3) is 4.59. The second kappa shape index (κ2) is 7.97. The Labute approximate surface area is 143 Å². The topological polar surface area (TPSA) is 49.8 Å². The number of phenols is 1. The third-order valence-electron chi connectivity index (χ3n) is 4.32. The Balaban J connectivity index is 2.25. The van der Waals surface area contributed by atoms with Crippen LogP contribution in [-0.2, 0) is 22.6 Å². The number of rotatable bonds is 6. The molecule has 0 aliphatic rings. The molecule has 0 aromatic heterocycles. The van der Waals surface area contributed by atoms with Crippen LogP contribution in [-0.4, -0.2) is 29.6 Å². The lowest BCUT2D eigenvalue weighted by atomic mass is 10.0. The highest BCUT2D eigenvalue weighted by molar-refractivity contribution is 5.71. The first-order valence-corrected chi connectivity index (χ1v) is 8.03. The summed E-state index contributed by atoms with van der Waals surface area (Å²) in [5, 5.41) is 10.2. The van der Waals surface area contributed by atoms with E-state index in [9.17, 15) is 9.90 Å². The van der Waals surface area contributed by atoms with E-state index in [0.29, 0.717) is 13.1 Å². The zero-order chi connectivity index (χ0) is 17.7. The number of ether oxygens (including phenoxy) is 1. The summed E-state index contributed by atoms with van der Waals surface area (Å²) in [6.45, 7) is 7.32. The SMILES string of the molecule is COC(=O)CN(Cc1ccccc1C)Cc1cc(C)c(C)cc1O. The Bertz CT molecular complexity index is 725. The van der Waals surface area contributed by atoms with Crippen molar-refractivity contribution in [2.45, 2.75) is 33.9 Å². The van der Waals surface area contributed by atoms with Gasteiger partial charge in [-0.3, -0.25) is 9.69 Å². The van der Waals surface area contributed by atoms with E-state index in [-0.39, 0.29) is 18.3 Å². The van der Waals surface area contributed by atoms with Crippen molar-refractivity contribution in [2.24, 2.45) is 0 Å². The van der Waals surface area contributed by atoms with Gasteiger partial charge < -0.3 is 9.84 Å². The monoisotopic (exact) mass is 327 g/mol. The average molecular weight is 327 g/mol. The molecular weight excluding hydrogens is 302 g/mol. The van der Waals surface area contributed by atoms with Gasteiger partial charge in [-0.15, -0.1) is 0 Å². The minimum absolute atomic E-state index is 0.178. The molecule has 0 saturated carbocycles. The molecule has 2 rings (SSSR count). The molecule has 4 heteroatoms. The van der Waals surface area contributed by atoms with Crippen LogP contribution >= 0.6 is 0 Å². The Kier molecular flexibility index (Phi) is 5.99. The predicted molar refractivity (Wildman–Crippen MR) is 94.9 cm³/mol. The van der Waals surface area contributed by atoms with Crippen molar-refractivity contribution in [1.82, 2.24) is 4.90 Å². The van der Waals surface area contributed by atoms with Crippen LogP contribution < -0.4 is 0 Å². The Morgan fingerprint density at radius 3 is 2.29 bits per heavy atom. The number of aromatic hydroxyl groups is 1. The quantitative estimate of drug-likeness (QED) is 0.825. The molecule has 0 saturated heterocycles. The van der Waals surface area contributed by atoms with Gasteiger partial charge in [0.1, 0.15) is 5.75 Å². The van der Waals surface area contributed by atoms with Crippen LogP contribution in [0.1, 0.15) is 27.8 Å². The van der Waals surface area contributed by atoms with E-state index >= 15 is 0 Å². The van der Waals surface area contributed by atoms with Crippen LogP contribution in [0.4, 0.5) is 0 Å². The van der Waals surface area contributed by atoms with Gasteiger partial charge in [-0.05, 0) is 49.1 Å². The van der Waals surface area contributed by atoms with Crippen LogP contribution in [0.2, 0.25) is 0 Å². The van der Waals surface area contributed by atoms with Gasteiger partial charge in [0.2, 0.25) is 0 Å². The second-order valence-corrected chi connectivity index (χ2v) is 6.21. The number of hydrogen-bond acceptors (Lipinski definition) is 4. The standard InChI is InChI=1S/C20H25NO3/c1-14-7-5-6-8-17(14)11-21(13-20(23)24-4)12-18-9-15(2)16(3)10-19(18)22/h5-10,22H,11-13H2,1-4H3. The molecule has 24 heavy (non-hydrogen) atoms. The Morgan fingerprint density at radius 1 is 1.00 bits per heavy atom. The molecule has 0 spiro atoms. The minimum Gasteiger partial charge on any atom is -0.508 e. The first-order valence-electron chi connectivity index (χ1n) is 8.03. The molecule has 0 heterocycles. The normalized spacial score (nSPS) is 10.9. The summed E-state index contributed by atoms with van der Waals surface area (Å²) in [6.07, 6.45) is 0. The van der Waals surface area contributed by atoms with E-state index in [0.717, 1.165) is 22.3 Å². The van der Waals surface area contributed by atoms with Gasteiger partial charge in [0.25, 0.3) is 0 Å². The van der Waals surface area contributed by atoms with E-state index in [1.807, 2.05) is 36.9 Å². The molecule has 0 aliphatic carbocycles. The zero-order valence-corrected chi connectivity index (χ0v) is 14.8. The molecule has 0 radical (unpaired) electrons. The Hall–Kier alpha value is -2.33. The van der Waals surface area contributed by atoms with Gasteiger partial charge in [-0.2, -0.15) is 0 Å². The summed E-state index contributed by atoms with van der Waals surface area (Å²) in [4.78, 5) is 13.8. The van der Waals surface area contributed by atoms with Crippen LogP contribution in [0.3, 0.4) is 0 Å². The fourth-order valence-electron chi connectivity index (χ4n) is 2.67. The van der Waals surface area contributed by atoms with Crippen molar-refractivity contribution in [3.63, 3.8) is 0 Å². The molecule has 4 nitrogen and oxygen atoms in total. The van der Waals surface area contributed by atoms with Crippen LogP contribution in [0.15, 0.2) is 36.4 Å². The maximum atomic E-state index is 11.8. The first-order chi connectivity index (χ1) is 11.4. The van der Waals surface area contributed by atoms with E-state index in [1.54, 1.807) is 6.07 Å². The van der Waals surface area contributed by atoms with Gasteiger partial charge in [-0.1, -0.05) is 30.3 Å². The van der Waals surface area contributed by atoms with Gasteiger partial charge in [0.05, 0.1) is 13.7 Å². The molecule has 0 amide bonds. The van der Waals surface area contributed by atoms with Crippen LogP contribution in [0.25, 0.3) is 0 Å². The van der Waals surface area contributed by atoms with Crippen molar-refractivity contribution in [3.05, 3.63) is 64.2 Å². The van der Waals surface area contributed by atoms with Crippen molar-refractivity contribution in [1.29, 1.82) is 0 Å². The molecule has 2 aromatic rings. The molecule has 1 N–H and O–H groups in total. The predicted octanol–water partition coefficient (Wildman–Crippen LogP) is 3.49. The van der Waals surface area contributed by atoms with Gasteiger partial charge in [0.15, 0.2) is 0 Å². The number of benzene rings is 2.